The third kappa shape index (κ3) is 1.41. The third-order valence-electron chi connectivity index (χ3n) is 2.16. The third-order valence-corrected chi connectivity index (χ3v) is 2.16. The van der Waals surface area contributed by atoms with Gasteiger partial charge in [0.1, 0.15) is 5.69 Å². The van der Waals surface area contributed by atoms with E-state index in [0.29, 0.717) is 17.2 Å². The van der Waals surface area contributed by atoms with Crippen LogP contribution in [0.3, 0.4) is 0 Å². The molecule has 76 valence electrons. The number of aldehydes is 1. The van der Waals surface area contributed by atoms with E-state index < -0.39 is 5.82 Å². The number of aromatic amines is 1. The minimum absolute atomic E-state index is 0.0164. The van der Waals surface area contributed by atoms with Crippen molar-refractivity contribution in [2.45, 2.75) is 6.92 Å². The van der Waals surface area contributed by atoms with E-state index in [-0.39, 0.29) is 16.8 Å². The second-order valence-electron chi connectivity index (χ2n) is 3.19. The lowest BCUT2D eigenvalue weighted by Crippen LogP contribution is -2.10. The number of hydrogen-bond acceptors (Lipinski definition) is 3. The maximum Gasteiger partial charge on any atom is 0.251 e. The Kier molecular flexibility index (Phi) is 2.07. The monoisotopic (exact) mass is 206 g/mol. The van der Waals surface area contributed by atoms with E-state index in [2.05, 4.69) is 9.97 Å². The number of H-pyrrole nitrogens is 1. The molecule has 0 atom stereocenters. The summed E-state index contributed by atoms with van der Waals surface area (Å²) in [6.45, 7) is 1.61. The van der Waals surface area contributed by atoms with Crippen molar-refractivity contribution in [1.29, 1.82) is 0 Å². The number of nitrogens with zero attached hydrogens (tertiary/aromatic N) is 1. The first-order valence-electron chi connectivity index (χ1n) is 4.27. The molecule has 0 saturated carbocycles. The Balaban J connectivity index is 2.93. The van der Waals surface area contributed by atoms with Gasteiger partial charge in [-0.2, -0.15) is 0 Å². The molecule has 0 unspecified atom stereocenters. The average Bonchev–Trinajstić information content (AvgIpc) is 2.22. The minimum atomic E-state index is -0.792. The molecule has 15 heavy (non-hydrogen) atoms. The Morgan fingerprint density at radius 1 is 1.53 bits per heavy atom. The van der Waals surface area contributed by atoms with Gasteiger partial charge in [0.15, 0.2) is 12.1 Å². The number of fused-ring (bicyclic) bond motifs is 1. The number of hydrogen-bond donors (Lipinski definition) is 1. The maximum atomic E-state index is 13.5. The van der Waals surface area contributed by atoms with E-state index in [4.69, 9.17) is 0 Å². The van der Waals surface area contributed by atoms with Crippen LogP contribution in [-0.2, 0) is 0 Å². The lowest BCUT2D eigenvalue weighted by Gasteiger charge is -2.01. The first kappa shape index (κ1) is 9.51. The second-order valence-corrected chi connectivity index (χ2v) is 3.19. The Bertz CT molecular complexity index is 604. The van der Waals surface area contributed by atoms with Crippen molar-refractivity contribution in [3.8, 4) is 0 Å². The topological polar surface area (TPSA) is 62.8 Å². The number of aromatic nitrogens is 2. The molecule has 5 heteroatoms. The Morgan fingerprint density at radius 2 is 2.27 bits per heavy atom. The van der Waals surface area contributed by atoms with Gasteiger partial charge in [0.05, 0.1) is 5.52 Å². The van der Waals surface area contributed by atoms with Crippen molar-refractivity contribution in [3.05, 3.63) is 39.7 Å². The normalized spacial score (nSPS) is 10.5. The minimum Gasteiger partial charge on any atom is -0.319 e. The van der Waals surface area contributed by atoms with Gasteiger partial charge in [-0.1, -0.05) is 0 Å². The van der Waals surface area contributed by atoms with Gasteiger partial charge >= 0.3 is 0 Å². The molecular weight excluding hydrogens is 199 g/mol. The van der Waals surface area contributed by atoms with Crippen LogP contribution in [0.1, 0.15) is 16.1 Å². The number of halogens is 1. The summed E-state index contributed by atoms with van der Waals surface area (Å²) in [5, 5.41) is 0.468. The molecule has 0 radical (unpaired) electrons. The van der Waals surface area contributed by atoms with Crippen LogP contribution in [-0.4, -0.2) is 16.3 Å². The van der Waals surface area contributed by atoms with Crippen LogP contribution in [0.15, 0.2) is 17.1 Å². The molecule has 0 fully saturated rings. The molecule has 0 aromatic carbocycles. The Labute approximate surface area is 83.8 Å². The predicted molar refractivity (Wildman–Crippen MR) is 52.4 cm³/mol. The molecule has 0 amide bonds. The maximum absolute atomic E-state index is 13.5. The summed E-state index contributed by atoms with van der Waals surface area (Å²) in [6, 6.07) is 1.53. The summed E-state index contributed by atoms with van der Waals surface area (Å²) in [4.78, 5) is 27.7. The van der Waals surface area contributed by atoms with Crippen LogP contribution in [0.4, 0.5) is 4.39 Å². The highest BCUT2D eigenvalue weighted by Crippen LogP contribution is 2.15. The molecule has 2 aromatic rings. The van der Waals surface area contributed by atoms with Crippen molar-refractivity contribution in [3.63, 3.8) is 0 Å². The molecule has 0 aliphatic heterocycles. The van der Waals surface area contributed by atoms with Gasteiger partial charge < -0.3 is 4.98 Å². The zero-order valence-corrected chi connectivity index (χ0v) is 7.87. The molecule has 0 saturated heterocycles. The van der Waals surface area contributed by atoms with E-state index in [0.717, 1.165) is 0 Å². The first-order chi connectivity index (χ1) is 7.13. The van der Waals surface area contributed by atoms with Crippen LogP contribution >= 0.6 is 0 Å². The molecule has 0 bridgehead atoms. The van der Waals surface area contributed by atoms with Gasteiger partial charge in [-0.25, -0.2) is 9.37 Å². The number of aryl methyl sites for hydroxylation is 1. The quantitative estimate of drug-likeness (QED) is 0.712. The molecule has 1 N–H and O–H groups in total. The van der Waals surface area contributed by atoms with E-state index >= 15 is 0 Å². The molecule has 0 aliphatic rings. The largest absolute Gasteiger partial charge is 0.319 e. The fourth-order valence-electron chi connectivity index (χ4n) is 1.34. The zero-order chi connectivity index (χ0) is 11.0. The number of pyridine rings is 2. The lowest BCUT2D eigenvalue weighted by atomic mass is 10.2. The van der Waals surface area contributed by atoms with Crippen molar-refractivity contribution >= 4 is 17.2 Å². The lowest BCUT2D eigenvalue weighted by molar-refractivity contribution is 0.111. The van der Waals surface area contributed by atoms with Crippen LogP contribution < -0.4 is 5.56 Å². The van der Waals surface area contributed by atoms with Gasteiger partial charge in [0.25, 0.3) is 5.56 Å². The number of nitrogens with one attached hydrogen (secondary N) is 1. The van der Waals surface area contributed by atoms with Gasteiger partial charge in [0.2, 0.25) is 0 Å². The first-order valence-corrected chi connectivity index (χ1v) is 4.27. The fraction of sp³-hybridized carbons (Fsp3) is 0.100. The highest BCUT2D eigenvalue weighted by molar-refractivity contribution is 5.84. The molecular formula is C10H7FN2O2. The van der Waals surface area contributed by atoms with Crippen LogP contribution in [0.2, 0.25) is 0 Å². The van der Waals surface area contributed by atoms with Gasteiger partial charge in [-0.15, -0.1) is 0 Å². The SMILES string of the molecule is Cc1cc2cnc(C=O)c(F)c2[nH]c1=O. The molecule has 0 aliphatic carbocycles. The van der Waals surface area contributed by atoms with Crippen LogP contribution in [0.5, 0.6) is 0 Å². The Morgan fingerprint density at radius 3 is 2.93 bits per heavy atom. The van der Waals surface area contributed by atoms with Crippen molar-refractivity contribution < 1.29 is 9.18 Å². The molecule has 0 spiro atoms. The molecule has 2 aromatic heterocycles. The smallest absolute Gasteiger partial charge is 0.251 e. The molecule has 4 nitrogen and oxygen atoms in total. The van der Waals surface area contributed by atoms with Crippen LogP contribution in [0.25, 0.3) is 10.9 Å². The van der Waals surface area contributed by atoms with Gasteiger partial charge in [-0.05, 0) is 13.0 Å². The van der Waals surface area contributed by atoms with Crippen molar-refractivity contribution in [2.75, 3.05) is 0 Å². The van der Waals surface area contributed by atoms with Gasteiger partial charge in [-0.3, -0.25) is 9.59 Å². The average molecular weight is 206 g/mol. The van der Waals surface area contributed by atoms with E-state index in [1.165, 1.54) is 12.3 Å². The summed E-state index contributed by atoms with van der Waals surface area (Å²) in [6.07, 6.45) is 1.66. The van der Waals surface area contributed by atoms with Crippen LogP contribution in [0, 0.1) is 12.7 Å². The second kappa shape index (κ2) is 3.27. The summed E-state index contributed by atoms with van der Waals surface area (Å²) in [5.74, 6) is -0.792. The predicted octanol–water partition coefficient (Wildman–Crippen LogP) is 1.18. The molecule has 2 heterocycles. The summed E-state index contributed by atoms with van der Waals surface area (Å²) < 4.78 is 13.5. The fourth-order valence-corrected chi connectivity index (χ4v) is 1.34. The van der Waals surface area contributed by atoms with E-state index in [1.807, 2.05) is 0 Å². The molecule has 2 rings (SSSR count). The zero-order valence-electron chi connectivity index (χ0n) is 7.87. The van der Waals surface area contributed by atoms with Crippen molar-refractivity contribution in [1.82, 2.24) is 9.97 Å². The summed E-state index contributed by atoms with van der Waals surface area (Å²) in [5.41, 5.74) is -0.184. The van der Waals surface area contributed by atoms with E-state index in [9.17, 15) is 14.0 Å². The number of carbonyl (C=O) groups is 1. The van der Waals surface area contributed by atoms with Crippen molar-refractivity contribution in [2.24, 2.45) is 0 Å². The van der Waals surface area contributed by atoms with E-state index in [1.54, 1.807) is 6.92 Å². The highest BCUT2D eigenvalue weighted by atomic mass is 19.1. The number of rotatable bonds is 1. The summed E-state index contributed by atoms with van der Waals surface area (Å²) >= 11 is 0. The standard InChI is InChI=1S/C10H7FN2O2/c1-5-2-6-3-12-7(4-14)8(11)9(6)13-10(5)15/h2-4H,1H3,(H,13,15). The number of carbonyl (C=O) groups excluding carboxylic acids is 1. The van der Waals surface area contributed by atoms with Gasteiger partial charge in [0, 0.05) is 17.1 Å². The highest BCUT2D eigenvalue weighted by Gasteiger charge is 2.09. The summed E-state index contributed by atoms with van der Waals surface area (Å²) in [7, 11) is 0. The Hall–Kier alpha value is -2.04.